The van der Waals surface area contributed by atoms with Crippen LogP contribution in [0.1, 0.15) is 37.5 Å². The highest BCUT2D eigenvalue weighted by molar-refractivity contribution is 5.96. The molecule has 0 bridgehead atoms. The number of aromatic nitrogens is 3. The summed E-state index contributed by atoms with van der Waals surface area (Å²) in [7, 11) is 4.47. The highest BCUT2D eigenvalue weighted by Crippen LogP contribution is 2.38. The van der Waals surface area contributed by atoms with Crippen molar-refractivity contribution in [3.05, 3.63) is 111 Å². The van der Waals surface area contributed by atoms with Crippen molar-refractivity contribution in [2.75, 3.05) is 52.4 Å². The van der Waals surface area contributed by atoms with Crippen LogP contribution in [0.5, 0.6) is 17.2 Å². The van der Waals surface area contributed by atoms with Gasteiger partial charge in [0.05, 0.1) is 38.3 Å². The van der Waals surface area contributed by atoms with Crippen LogP contribution in [-0.2, 0) is 12.7 Å². The third-order valence-electron chi connectivity index (χ3n) is 8.81. The molecule has 3 heterocycles. The number of benzene rings is 3. The second-order valence-electron chi connectivity index (χ2n) is 12.0. The summed E-state index contributed by atoms with van der Waals surface area (Å²) < 4.78 is 56.2. The summed E-state index contributed by atoms with van der Waals surface area (Å²) in [4.78, 5) is 52.8. The van der Waals surface area contributed by atoms with Gasteiger partial charge in [0, 0.05) is 55.3 Å². The number of fused-ring (bicyclic) bond motifs is 1. The number of methoxy groups -OCH3 is 3. The van der Waals surface area contributed by atoms with Crippen molar-refractivity contribution < 1.29 is 37.0 Å². The van der Waals surface area contributed by atoms with Crippen molar-refractivity contribution in [3.8, 4) is 22.9 Å². The van der Waals surface area contributed by atoms with E-state index in [-0.39, 0.29) is 18.0 Å². The molecule has 0 saturated carbocycles. The summed E-state index contributed by atoms with van der Waals surface area (Å²) in [6.07, 6.45) is -4.44. The Hall–Kier alpha value is -6.12. The molecule has 270 valence electrons. The van der Waals surface area contributed by atoms with Gasteiger partial charge in [-0.05, 0) is 67.1 Å². The normalized spacial score (nSPS) is 13.2. The maximum absolute atomic E-state index is 13.5. The topological polar surface area (TPSA) is 128 Å². The van der Waals surface area contributed by atoms with E-state index in [1.165, 1.54) is 44.1 Å². The van der Waals surface area contributed by atoms with Crippen LogP contribution in [0.3, 0.4) is 0 Å². The van der Waals surface area contributed by atoms with Gasteiger partial charge in [0.25, 0.3) is 17.4 Å². The third kappa shape index (κ3) is 7.20. The number of nitrogens with zero attached hydrogens (tertiary/aromatic N) is 5. The number of amides is 2. The molecule has 1 aliphatic rings. The zero-order chi connectivity index (χ0) is 37.2. The fraction of sp³-hybridized carbons (Fsp3) is 0.270. The number of aryl methyl sites for hydroxylation is 1. The molecule has 1 fully saturated rings. The molecule has 1 N–H and O–H groups in total. The first-order valence-corrected chi connectivity index (χ1v) is 16.2. The van der Waals surface area contributed by atoms with Gasteiger partial charge in [0.1, 0.15) is 0 Å². The molecule has 15 heteroatoms. The molecular weight excluding hydrogens is 681 g/mol. The minimum Gasteiger partial charge on any atom is -0.493 e. The number of piperazine rings is 1. The first kappa shape index (κ1) is 35.7. The van der Waals surface area contributed by atoms with Crippen LogP contribution in [0.15, 0.2) is 77.6 Å². The molecule has 52 heavy (non-hydrogen) atoms. The fourth-order valence-corrected chi connectivity index (χ4v) is 6.00. The molecule has 0 aliphatic carbocycles. The summed E-state index contributed by atoms with van der Waals surface area (Å²) in [5.41, 5.74) is 1.61. The summed E-state index contributed by atoms with van der Waals surface area (Å²) >= 11 is 0. The van der Waals surface area contributed by atoms with E-state index in [1.54, 1.807) is 47.4 Å². The monoisotopic (exact) mass is 716 g/mol. The average Bonchev–Trinajstić information content (AvgIpc) is 3.15. The highest BCUT2D eigenvalue weighted by atomic mass is 19.4. The highest BCUT2D eigenvalue weighted by Gasteiger charge is 2.30. The van der Waals surface area contributed by atoms with Crippen molar-refractivity contribution in [2.45, 2.75) is 19.6 Å². The molecule has 3 aromatic carbocycles. The Morgan fingerprint density at radius 2 is 1.44 bits per heavy atom. The lowest BCUT2D eigenvalue weighted by atomic mass is 10.1. The minimum atomic E-state index is -4.44. The summed E-state index contributed by atoms with van der Waals surface area (Å²) in [5, 5.41) is 3.37. The molecule has 2 amide bonds. The fourth-order valence-electron chi connectivity index (χ4n) is 6.00. The molecule has 6 rings (SSSR count). The van der Waals surface area contributed by atoms with Gasteiger partial charge in [-0.2, -0.15) is 18.2 Å². The maximum atomic E-state index is 13.5. The predicted molar refractivity (Wildman–Crippen MR) is 187 cm³/mol. The van der Waals surface area contributed by atoms with E-state index in [0.29, 0.717) is 88.5 Å². The zero-order valence-electron chi connectivity index (χ0n) is 28.8. The van der Waals surface area contributed by atoms with E-state index in [1.807, 2.05) is 11.8 Å². The number of hydrogen-bond acceptors (Lipinski definition) is 9. The van der Waals surface area contributed by atoms with Crippen LogP contribution >= 0.6 is 0 Å². The largest absolute Gasteiger partial charge is 0.493 e. The lowest BCUT2D eigenvalue weighted by Gasteiger charge is -2.35. The Morgan fingerprint density at radius 3 is 2.02 bits per heavy atom. The molecule has 0 atom stereocenters. The molecular formula is C37H35F3N6O6. The maximum Gasteiger partial charge on any atom is 0.416 e. The summed E-state index contributed by atoms with van der Waals surface area (Å²) in [6, 6.07) is 17.3. The number of halogens is 3. The van der Waals surface area contributed by atoms with Crippen molar-refractivity contribution in [2.24, 2.45) is 0 Å². The van der Waals surface area contributed by atoms with E-state index < -0.39 is 17.6 Å². The van der Waals surface area contributed by atoms with Crippen LogP contribution in [0.2, 0.25) is 0 Å². The number of nitrogens with one attached hydrogen (secondary N) is 1. The van der Waals surface area contributed by atoms with Gasteiger partial charge < -0.3 is 29.3 Å². The zero-order valence-corrected chi connectivity index (χ0v) is 28.8. The molecule has 0 unspecified atom stereocenters. The standard InChI is InChI=1S/C37H35F3N6O6/c1-22-28-13-14-31(47)46(27-11-7-24(8-12-27)34(48)41-21-23-5-9-26(10-6-23)37(38,39)40)33(28)43-36(42-22)45-17-15-44(16-18-45)35(49)25-19-29(50-2)32(52-4)30(20-25)51-3/h5-14,19-20H,15-18,21H2,1-4H3,(H,41,48). The minimum absolute atomic E-state index is 0.0356. The summed E-state index contributed by atoms with van der Waals surface area (Å²) in [6.45, 7) is 3.52. The predicted octanol–water partition coefficient (Wildman–Crippen LogP) is 5.03. The molecule has 12 nitrogen and oxygen atoms in total. The lowest BCUT2D eigenvalue weighted by molar-refractivity contribution is -0.137. The quantitative estimate of drug-likeness (QED) is 0.224. The van der Waals surface area contributed by atoms with Crippen molar-refractivity contribution >= 4 is 28.8 Å². The molecule has 0 radical (unpaired) electrons. The van der Waals surface area contributed by atoms with Crippen LogP contribution in [0, 0.1) is 6.92 Å². The van der Waals surface area contributed by atoms with Gasteiger partial charge in [0.2, 0.25) is 11.7 Å². The lowest BCUT2D eigenvalue weighted by Crippen LogP contribution is -2.49. The molecule has 0 spiro atoms. The second-order valence-corrected chi connectivity index (χ2v) is 12.0. The Kier molecular flexibility index (Phi) is 10.0. The van der Waals surface area contributed by atoms with E-state index in [0.717, 1.165) is 12.1 Å². The van der Waals surface area contributed by atoms with E-state index >= 15 is 0 Å². The van der Waals surface area contributed by atoms with Crippen molar-refractivity contribution in [1.29, 1.82) is 0 Å². The van der Waals surface area contributed by atoms with E-state index in [2.05, 4.69) is 5.32 Å². The van der Waals surface area contributed by atoms with Gasteiger partial charge in [-0.3, -0.25) is 19.0 Å². The van der Waals surface area contributed by atoms with Crippen LogP contribution in [0.25, 0.3) is 16.7 Å². The average molecular weight is 717 g/mol. The number of carbonyl (C=O) groups excluding carboxylic acids is 2. The second kappa shape index (κ2) is 14.6. The molecule has 2 aromatic heterocycles. The van der Waals surface area contributed by atoms with Gasteiger partial charge in [-0.15, -0.1) is 0 Å². The molecule has 5 aromatic rings. The van der Waals surface area contributed by atoms with Crippen LogP contribution in [-0.4, -0.2) is 78.8 Å². The molecule has 1 saturated heterocycles. The number of anilines is 1. The number of carbonyl (C=O) groups is 2. The van der Waals surface area contributed by atoms with E-state index in [4.69, 9.17) is 24.2 Å². The third-order valence-corrected chi connectivity index (χ3v) is 8.81. The van der Waals surface area contributed by atoms with Crippen molar-refractivity contribution in [3.63, 3.8) is 0 Å². The number of alkyl halides is 3. The molecule has 1 aliphatic heterocycles. The van der Waals surface area contributed by atoms with Crippen LogP contribution in [0.4, 0.5) is 19.1 Å². The number of ether oxygens (including phenoxy) is 3. The Balaban J connectivity index is 1.18. The number of hydrogen-bond donors (Lipinski definition) is 1. The number of pyridine rings is 1. The van der Waals surface area contributed by atoms with Gasteiger partial charge in [-0.25, -0.2) is 4.98 Å². The summed E-state index contributed by atoms with van der Waals surface area (Å²) in [5.74, 6) is 0.933. The Morgan fingerprint density at radius 1 is 0.808 bits per heavy atom. The van der Waals surface area contributed by atoms with Gasteiger partial charge >= 0.3 is 6.18 Å². The first-order valence-electron chi connectivity index (χ1n) is 16.2. The van der Waals surface area contributed by atoms with Crippen LogP contribution < -0.4 is 30.0 Å². The van der Waals surface area contributed by atoms with E-state index in [9.17, 15) is 27.6 Å². The number of rotatable bonds is 9. The van der Waals surface area contributed by atoms with Crippen molar-refractivity contribution in [1.82, 2.24) is 24.8 Å². The van der Waals surface area contributed by atoms with Gasteiger partial charge in [-0.1, -0.05) is 12.1 Å². The first-order chi connectivity index (χ1) is 24.9. The van der Waals surface area contributed by atoms with Gasteiger partial charge in [0.15, 0.2) is 17.1 Å². The SMILES string of the molecule is COc1cc(C(=O)N2CCN(c3nc(C)c4ccc(=O)n(-c5ccc(C(=O)NCc6ccc(C(F)(F)F)cc6)cc5)c4n3)CC2)cc(OC)c1OC. The Bertz CT molecular complexity index is 2160. The smallest absolute Gasteiger partial charge is 0.416 e. The Labute approximate surface area is 296 Å².